The first-order chi connectivity index (χ1) is 3.31. The second kappa shape index (κ2) is 3.36. The summed E-state index contributed by atoms with van der Waals surface area (Å²) in [7, 11) is 0. The Morgan fingerprint density at radius 3 is 2.57 bits per heavy atom. The molecule has 7 heavy (non-hydrogen) atoms. The predicted octanol–water partition coefficient (Wildman–Crippen LogP) is -0.220. The van der Waals surface area contributed by atoms with E-state index in [9.17, 15) is 4.79 Å². The van der Waals surface area contributed by atoms with Gasteiger partial charge in [0.25, 0.3) is 0 Å². The first-order valence-electron chi connectivity index (χ1n) is 1.69. The third-order valence-corrected chi connectivity index (χ3v) is 0.400. The van der Waals surface area contributed by atoms with E-state index in [4.69, 9.17) is 5.11 Å². The maximum absolute atomic E-state index is 9.43. The maximum atomic E-state index is 9.43. The summed E-state index contributed by atoms with van der Waals surface area (Å²) in [5, 5.41) is 10.3. The lowest BCUT2D eigenvalue weighted by atomic mass is 10.6. The Kier molecular flexibility index (Phi) is 2.96. The summed E-state index contributed by atoms with van der Waals surface area (Å²) in [5.41, 5.74) is 0. The molecule has 0 aliphatic rings. The molecule has 0 saturated heterocycles. The number of hydrogen-bond acceptors (Lipinski definition) is 2. The zero-order chi connectivity index (χ0) is 5.70. The second-order valence-electron chi connectivity index (χ2n) is 0.852. The summed E-state index contributed by atoms with van der Waals surface area (Å²) < 4.78 is 0. The van der Waals surface area contributed by atoms with Gasteiger partial charge in [-0.25, -0.2) is 0 Å². The second-order valence-corrected chi connectivity index (χ2v) is 0.852. The molecule has 3 heteroatoms. The highest BCUT2D eigenvalue weighted by molar-refractivity contribution is 5.48. The zero-order valence-corrected chi connectivity index (χ0v) is 3.72. The minimum atomic E-state index is -0.227. The van der Waals surface area contributed by atoms with Crippen molar-refractivity contribution in [2.45, 2.75) is 0 Å². The van der Waals surface area contributed by atoms with Crippen molar-refractivity contribution in [1.82, 2.24) is 5.32 Å². The molecule has 0 atom stereocenters. The summed E-state index contributed by atoms with van der Waals surface area (Å²) >= 11 is 0. The molecular weight excluding hydrogens is 94.0 g/mol. The smallest absolute Gasteiger partial charge is 0.209 e. The first-order valence-corrected chi connectivity index (χ1v) is 1.69. The molecule has 0 fully saturated rings. The average Bonchev–Trinajstić information content (AvgIpc) is 1.68. The zero-order valence-electron chi connectivity index (χ0n) is 3.72. The van der Waals surface area contributed by atoms with Crippen LogP contribution in [0.3, 0.4) is 0 Å². The number of hydrogen-bond donors (Lipinski definition) is 2. The number of nitrogens with one attached hydrogen (secondary N) is 1. The molecule has 1 amide bonds. The van der Waals surface area contributed by atoms with Gasteiger partial charge in [-0.2, -0.15) is 0 Å². The molecule has 0 aromatic rings. The number of carbonyl (C=O) groups excluding carboxylic acids is 1. The highest BCUT2D eigenvalue weighted by Crippen LogP contribution is 1.81. The van der Waals surface area contributed by atoms with E-state index in [0.717, 1.165) is 6.08 Å². The van der Waals surface area contributed by atoms with E-state index < -0.39 is 0 Å². The van der Waals surface area contributed by atoms with Gasteiger partial charge in [-0.05, 0) is 6.08 Å². The fourth-order valence-corrected chi connectivity index (χ4v) is 0.119. The molecule has 2 N–H and O–H groups in total. The van der Waals surface area contributed by atoms with Crippen molar-refractivity contribution in [2.24, 2.45) is 0 Å². The van der Waals surface area contributed by atoms with Gasteiger partial charge >= 0.3 is 0 Å². The Labute approximate surface area is 41.7 Å². The van der Waals surface area contributed by atoms with Crippen LogP contribution in [0.4, 0.5) is 0 Å². The van der Waals surface area contributed by atoms with Gasteiger partial charge in [0.05, 0.1) is 0 Å². The van der Waals surface area contributed by atoms with Crippen molar-refractivity contribution in [3.63, 3.8) is 0 Å². The normalized spacial score (nSPS) is 8.29. The molecule has 0 spiro atoms. The Balaban J connectivity index is 3.15. The van der Waals surface area contributed by atoms with Crippen LogP contribution in [0.2, 0.25) is 0 Å². The predicted molar refractivity (Wildman–Crippen MR) is 24.6 cm³/mol. The molecule has 0 aliphatic heterocycles. The van der Waals surface area contributed by atoms with E-state index in [0.29, 0.717) is 6.41 Å². The Morgan fingerprint density at radius 2 is 2.43 bits per heavy atom. The van der Waals surface area contributed by atoms with E-state index in [-0.39, 0.29) is 6.23 Å². The van der Waals surface area contributed by atoms with Crippen molar-refractivity contribution in [3.05, 3.63) is 18.9 Å². The van der Waals surface area contributed by atoms with Gasteiger partial charge in [0.2, 0.25) is 12.6 Å². The van der Waals surface area contributed by atoms with Crippen LogP contribution < -0.4 is 5.32 Å². The molecule has 3 nitrogen and oxygen atoms in total. The molecule has 0 rings (SSSR count). The van der Waals surface area contributed by atoms with Gasteiger partial charge in [0.15, 0.2) is 0 Å². The van der Waals surface area contributed by atoms with Gasteiger partial charge in [-0.15, -0.1) is 0 Å². The van der Waals surface area contributed by atoms with Crippen LogP contribution in [0.1, 0.15) is 0 Å². The van der Waals surface area contributed by atoms with Crippen LogP contribution in [0.5, 0.6) is 0 Å². The largest absolute Gasteiger partial charge is 0.363 e. The van der Waals surface area contributed by atoms with Crippen molar-refractivity contribution in [1.29, 1.82) is 0 Å². The van der Waals surface area contributed by atoms with Crippen LogP contribution in [-0.2, 0) is 4.79 Å². The van der Waals surface area contributed by atoms with Crippen LogP contribution in [-0.4, -0.2) is 11.5 Å². The number of rotatable bonds is 3. The van der Waals surface area contributed by atoms with E-state index in [1.165, 1.54) is 0 Å². The number of aliphatic hydroxyl groups is 1. The third kappa shape index (κ3) is 2.99. The average molecular weight is 100 g/mol. The molecule has 0 saturated carbocycles. The van der Waals surface area contributed by atoms with Gasteiger partial charge in [-0.3, -0.25) is 4.79 Å². The lowest BCUT2D eigenvalue weighted by Gasteiger charge is -1.95. The molecule has 39 valence electrons. The molecule has 1 radical (unpaired) electrons. The number of amides is 1. The quantitative estimate of drug-likeness (QED) is 0.482. The molecule has 0 bridgehead atoms. The lowest BCUT2D eigenvalue weighted by molar-refractivity contribution is -0.110. The summed E-state index contributed by atoms with van der Waals surface area (Å²) in [6, 6.07) is 0. The van der Waals surface area contributed by atoms with E-state index in [2.05, 4.69) is 6.58 Å². The van der Waals surface area contributed by atoms with Gasteiger partial charge in [0, 0.05) is 0 Å². The third-order valence-electron chi connectivity index (χ3n) is 0.400. The molecule has 0 heterocycles. The monoisotopic (exact) mass is 100 g/mol. The van der Waals surface area contributed by atoms with Crippen LogP contribution >= 0.6 is 0 Å². The van der Waals surface area contributed by atoms with Crippen molar-refractivity contribution >= 4 is 6.41 Å². The number of carbonyl (C=O) groups is 1. The topological polar surface area (TPSA) is 49.3 Å². The number of aliphatic hydroxyl groups excluding tert-OH is 1. The fraction of sp³-hybridized carbons (Fsp3) is 0. The summed E-state index contributed by atoms with van der Waals surface area (Å²) in [4.78, 5) is 9.43. The molecule has 0 unspecified atom stereocenters. The summed E-state index contributed by atoms with van der Waals surface area (Å²) in [6.07, 6.45) is 1.28. The highest BCUT2D eigenvalue weighted by Gasteiger charge is 1.90. The van der Waals surface area contributed by atoms with Crippen molar-refractivity contribution in [3.8, 4) is 0 Å². The van der Waals surface area contributed by atoms with Crippen molar-refractivity contribution in [2.75, 3.05) is 0 Å². The van der Waals surface area contributed by atoms with Gasteiger partial charge in [-0.1, -0.05) is 6.58 Å². The van der Waals surface area contributed by atoms with Gasteiger partial charge < -0.3 is 10.4 Å². The van der Waals surface area contributed by atoms with E-state index in [1.807, 2.05) is 5.32 Å². The summed E-state index contributed by atoms with van der Waals surface area (Å²) in [6.45, 7) is 3.17. The minimum Gasteiger partial charge on any atom is -0.363 e. The minimum absolute atomic E-state index is 0.227. The molecular formula is C4H6NO2. The van der Waals surface area contributed by atoms with Crippen LogP contribution in [0.25, 0.3) is 0 Å². The van der Waals surface area contributed by atoms with Crippen LogP contribution in [0, 0.1) is 6.23 Å². The summed E-state index contributed by atoms with van der Waals surface area (Å²) in [5.74, 6) is 0. The van der Waals surface area contributed by atoms with Crippen LogP contribution in [0.15, 0.2) is 12.7 Å². The molecule has 0 aliphatic carbocycles. The van der Waals surface area contributed by atoms with E-state index in [1.54, 1.807) is 0 Å². The maximum Gasteiger partial charge on any atom is 0.209 e. The van der Waals surface area contributed by atoms with Gasteiger partial charge in [0.1, 0.15) is 0 Å². The lowest BCUT2D eigenvalue weighted by Crippen LogP contribution is -2.15. The first kappa shape index (κ1) is 6.17. The Morgan fingerprint density at radius 1 is 1.86 bits per heavy atom. The SMILES string of the molecule is C=C[C](O)NC=O. The van der Waals surface area contributed by atoms with Crippen molar-refractivity contribution < 1.29 is 9.90 Å². The molecule has 0 aromatic carbocycles. The fourth-order valence-electron chi connectivity index (χ4n) is 0.119. The highest BCUT2D eigenvalue weighted by atomic mass is 16.3. The Hall–Kier alpha value is -0.830. The molecule has 0 aromatic heterocycles. The Bertz CT molecular complexity index is 72.1. The van der Waals surface area contributed by atoms with E-state index >= 15 is 0 Å². The standard InChI is InChI=1S/C4H6NO2/c1-2-4(7)5-3-6/h2-3,7H,1H2,(H,5,6).